The molecular weight excluding hydrogens is 231 g/mol. The highest BCUT2D eigenvalue weighted by molar-refractivity contribution is 6.34. The molecule has 2 heterocycles. The van der Waals surface area contributed by atoms with E-state index >= 15 is 0 Å². The van der Waals surface area contributed by atoms with E-state index in [4.69, 9.17) is 23.2 Å². The minimum atomic E-state index is -0.543. The van der Waals surface area contributed by atoms with Crippen LogP contribution in [-0.2, 0) is 0 Å². The Morgan fingerprint density at radius 2 is 2.21 bits per heavy atom. The second kappa shape index (κ2) is 3.07. The van der Waals surface area contributed by atoms with E-state index in [1.807, 2.05) is 0 Å². The molecule has 0 radical (unpaired) electrons. The predicted octanol–water partition coefficient (Wildman–Crippen LogP) is 1.94. The zero-order valence-corrected chi connectivity index (χ0v) is 8.03. The molecule has 0 aliphatic rings. The highest BCUT2D eigenvalue weighted by atomic mass is 35.5. The van der Waals surface area contributed by atoms with Crippen LogP contribution in [0, 0.1) is 10.1 Å². The molecule has 8 heteroatoms. The number of nitrogens with zero attached hydrogens (tertiary/aromatic N) is 4. The van der Waals surface area contributed by atoms with Gasteiger partial charge >= 0.3 is 0 Å². The van der Waals surface area contributed by atoms with Crippen molar-refractivity contribution in [2.75, 3.05) is 0 Å². The Bertz CT molecular complexity index is 524. The van der Waals surface area contributed by atoms with Crippen molar-refractivity contribution in [1.82, 2.24) is 14.6 Å². The van der Waals surface area contributed by atoms with Gasteiger partial charge in [0.05, 0.1) is 4.92 Å². The normalized spacial score (nSPS) is 10.7. The van der Waals surface area contributed by atoms with Gasteiger partial charge in [0.2, 0.25) is 5.28 Å². The molecule has 0 saturated carbocycles. The minimum absolute atomic E-state index is 0.0620. The molecule has 2 rings (SSSR count). The lowest BCUT2D eigenvalue weighted by Gasteiger charge is -1.94. The van der Waals surface area contributed by atoms with Crippen LogP contribution in [0.3, 0.4) is 0 Å². The summed E-state index contributed by atoms with van der Waals surface area (Å²) in [5, 5.41) is 14.2. The third kappa shape index (κ3) is 1.38. The zero-order chi connectivity index (χ0) is 10.3. The van der Waals surface area contributed by atoms with Crippen LogP contribution in [0.2, 0.25) is 10.4 Å². The van der Waals surface area contributed by atoms with Crippen LogP contribution in [0.15, 0.2) is 12.3 Å². The maximum Gasteiger partial charge on any atom is 0.289 e. The van der Waals surface area contributed by atoms with E-state index in [2.05, 4.69) is 10.1 Å². The number of hydrogen-bond acceptors (Lipinski definition) is 4. The molecule has 0 aliphatic heterocycles. The Labute approximate surface area is 87.2 Å². The van der Waals surface area contributed by atoms with Crippen LogP contribution < -0.4 is 0 Å². The maximum atomic E-state index is 10.4. The van der Waals surface area contributed by atoms with Crippen molar-refractivity contribution in [2.45, 2.75) is 0 Å². The lowest BCUT2D eigenvalue weighted by atomic mass is 10.5. The SMILES string of the molecule is O=[N+]([O-])c1cc2c(Cl)nc(Cl)nn2c1. The molecule has 6 nitrogen and oxygen atoms in total. The first-order chi connectivity index (χ1) is 6.58. The van der Waals surface area contributed by atoms with E-state index in [-0.39, 0.29) is 16.1 Å². The first-order valence-electron chi connectivity index (χ1n) is 3.44. The van der Waals surface area contributed by atoms with Crippen molar-refractivity contribution in [2.24, 2.45) is 0 Å². The number of hydrogen-bond donors (Lipinski definition) is 0. The van der Waals surface area contributed by atoms with E-state index in [1.54, 1.807) is 0 Å². The van der Waals surface area contributed by atoms with E-state index in [0.29, 0.717) is 5.52 Å². The van der Waals surface area contributed by atoms with Crippen LogP contribution in [0.5, 0.6) is 0 Å². The Hall–Kier alpha value is -1.40. The fourth-order valence-electron chi connectivity index (χ4n) is 1.02. The van der Waals surface area contributed by atoms with Crippen molar-refractivity contribution in [3.63, 3.8) is 0 Å². The van der Waals surface area contributed by atoms with Gasteiger partial charge in [-0.25, -0.2) is 9.50 Å². The summed E-state index contributed by atoms with van der Waals surface area (Å²) in [4.78, 5) is 13.5. The standard InChI is InChI=1S/C6H2Cl2N4O2/c7-5-4-1-3(12(13)14)2-11(4)10-6(8)9-5/h1-2H. The average molecular weight is 233 g/mol. The molecule has 2 aromatic heterocycles. The van der Waals surface area contributed by atoms with Crippen LogP contribution in [0.1, 0.15) is 0 Å². The van der Waals surface area contributed by atoms with Gasteiger partial charge in [0.1, 0.15) is 11.7 Å². The van der Waals surface area contributed by atoms with Gasteiger partial charge in [0, 0.05) is 6.07 Å². The van der Waals surface area contributed by atoms with Gasteiger partial charge in [0.15, 0.2) is 5.15 Å². The third-order valence-electron chi connectivity index (χ3n) is 1.59. The van der Waals surface area contributed by atoms with Gasteiger partial charge in [-0.2, -0.15) is 0 Å². The lowest BCUT2D eigenvalue weighted by molar-refractivity contribution is -0.384. The largest absolute Gasteiger partial charge is 0.289 e. The lowest BCUT2D eigenvalue weighted by Crippen LogP contribution is -1.93. The molecule has 2 aromatic rings. The summed E-state index contributed by atoms with van der Waals surface area (Å²) >= 11 is 11.2. The first kappa shape index (κ1) is 9.17. The topological polar surface area (TPSA) is 73.3 Å². The van der Waals surface area contributed by atoms with E-state index in [0.717, 1.165) is 0 Å². The summed E-state index contributed by atoms with van der Waals surface area (Å²) in [6, 6.07) is 1.28. The highest BCUT2D eigenvalue weighted by Gasteiger charge is 2.13. The summed E-state index contributed by atoms with van der Waals surface area (Å²) in [7, 11) is 0. The number of aromatic nitrogens is 3. The Morgan fingerprint density at radius 1 is 1.50 bits per heavy atom. The average Bonchev–Trinajstić information content (AvgIpc) is 2.47. The Balaban J connectivity index is 2.76. The van der Waals surface area contributed by atoms with Crippen molar-refractivity contribution in [3.05, 3.63) is 32.8 Å². The highest BCUT2D eigenvalue weighted by Crippen LogP contribution is 2.22. The molecule has 0 fully saturated rings. The number of rotatable bonds is 1. The molecule has 14 heavy (non-hydrogen) atoms. The molecule has 0 amide bonds. The minimum Gasteiger partial charge on any atom is -0.258 e. The smallest absolute Gasteiger partial charge is 0.258 e. The van der Waals surface area contributed by atoms with Gasteiger partial charge in [-0.3, -0.25) is 10.1 Å². The molecule has 0 aromatic carbocycles. The summed E-state index contributed by atoms with van der Waals surface area (Å²) < 4.78 is 1.22. The molecule has 0 saturated heterocycles. The van der Waals surface area contributed by atoms with Crippen LogP contribution >= 0.6 is 23.2 Å². The predicted molar refractivity (Wildman–Crippen MR) is 49.7 cm³/mol. The van der Waals surface area contributed by atoms with E-state index in [9.17, 15) is 10.1 Å². The molecule has 0 atom stereocenters. The fraction of sp³-hybridized carbons (Fsp3) is 0. The first-order valence-corrected chi connectivity index (χ1v) is 4.19. The van der Waals surface area contributed by atoms with Gasteiger partial charge in [-0.15, -0.1) is 5.10 Å². The van der Waals surface area contributed by atoms with Crippen LogP contribution in [0.25, 0.3) is 5.52 Å². The monoisotopic (exact) mass is 232 g/mol. The molecular formula is C6H2Cl2N4O2. The zero-order valence-electron chi connectivity index (χ0n) is 6.52. The quantitative estimate of drug-likeness (QED) is 0.557. The number of nitro groups is 1. The van der Waals surface area contributed by atoms with Crippen molar-refractivity contribution >= 4 is 34.4 Å². The second-order valence-electron chi connectivity index (χ2n) is 2.46. The maximum absolute atomic E-state index is 10.4. The summed E-state index contributed by atoms with van der Waals surface area (Å²) in [6.07, 6.45) is 1.22. The van der Waals surface area contributed by atoms with Crippen molar-refractivity contribution in [1.29, 1.82) is 0 Å². The summed E-state index contributed by atoms with van der Waals surface area (Å²) in [6.45, 7) is 0. The van der Waals surface area contributed by atoms with Gasteiger partial charge in [0.25, 0.3) is 5.69 Å². The summed E-state index contributed by atoms with van der Waals surface area (Å²) in [5.41, 5.74) is 0.242. The Kier molecular flexibility index (Phi) is 2.01. The van der Waals surface area contributed by atoms with Gasteiger partial charge in [-0.05, 0) is 11.6 Å². The molecule has 0 spiro atoms. The van der Waals surface area contributed by atoms with Gasteiger partial charge < -0.3 is 0 Å². The molecule has 0 bridgehead atoms. The fourth-order valence-corrected chi connectivity index (χ4v) is 1.45. The van der Waals surface area contributed by atoms with Crippen molar-refractivity contribution in [3.8, 4) is 0 Å². The van der Waals surface area contributed by atoms with E-state index < -0.39 is 4.92 Å². The molecule has 0 aliphatic carbocycles. The Morgan fingerprint density at radius 3 is 2.86 bits per heavy atom. The number of halogens is 2. The molecule has 0 N–H and O–H groups in total. The molecule has 0 unspecified atom stereocenters. The third-order valence-corrected chi connectivity index (χ3v) is 2.03. The van der Waals surface area contributed by atoms with Gasteiger partial charge in [-0.1, -0.05) is 11.6 Å². The van der Waals surface area contributed by atoms with Crippen LogP contribution in [0.4, 0.5) is 5.69 Å². The van der Waals surface area contributed by atoms with Crippen molar-refractivity contribution < 1.29 is 4.92 Å². The number of fused-ring (bicyclic) bond motifs is 1. The summed E-state index contributed by atoms with van der Waals surface area (Å²) in [5.74, 6) is 0. The van der Waals surface area contributed by atoms with Crippen LogP contribution in [-0.4, -0.2) is 19.5 Å². The second-order valence-corrected chi connectivity index (χ2v) is 3.15. The van der Waals surface area contributed by atoms with E-state index in [1.165, 1.54) is 16.8 Å². The molecule has 72 valence electrons.